The SMILES string of the molecule is CC[C@@H]1CCCN(C(=O)OC(C)(C)C)[C@@H]1C(=O)O. The summed E-state index contributed by atoms with van der Waals surface area (Å²) in [7, 11) is 0. The second kappa shape index (κ2) is 5.59. The molecule has 104 valence electrons. The van der Waals surface area contributed by atoms with Crippen LogP contribution in [0.4, 0.5) is 4.79 Å². The Morgan fingerprint density at radius 1 is 1.39 bits per heavy atom. The maximum absolute atomic E-state index is 12.0. The van der Waals surface area contributed by atoms with Gasteiger partial charge in [-0.15, -0.1) is 0 Å². The molecular formula is C13H23NO4. The minimum atomic E-state index is -0.938. The molecular weight excluding hydrogens is 234 g/mol. The second-order valence-electron chi connectivity index (χ2n) is 5.77. The first-order valence-corrected chi connectivity index (χ1v) is 6.48. The number of carboxylic acids is 1. The zero-order chi connectivity index (χ0) is 13.9. The average molecular weight is 257 g/mol. The number of hydrogen-bond acceptors (Lipinski definition) is 3. The van der Waals surface area contributed by atoms with Crippen LogP contribution in [0.1, 0.15) is 47.0 Å². The third-order valence-electron chi connectivity index (χ3n) is 3.16. The van der Waals surface area contributed by atoms with Gasteiger partial charge in [-0.1, -0.05) is 13.3 Å². The molecule has 1 amide bonds. The third-order valence-corrected chi connectivity index (χ3v) is 3.16. The van der Waals surface area contributed by atoms with Crippen molar-refractivity contribution in [1.82, 2.24) is 4.90 Å². The molecule has 1 rings (SSSR count). The first-order chi connectivity index (χ1) is 8.26. The van der Waals surface area contributed by atoms with Crippen LogP contribution < -0.4 is 0 Å². The number of carboxylic acid groups (broad SMARTS) is 1. The molecule has 0 aromatic rings. The number of piperidine rings is 1. The molecule has 0 spiro atoms. The Bertz CT molecular complexity index is 321. The van der Waals surface area contributed by atoms with Crippen molar-refractivity contribution in [3.8, 4) is 0 Å². The predicted molar refractivity (Wildman–Crippen MR) is 67.4 cm³/mol. The molecule has 0 radical (unpaired) electrons. The quantitative estimate of drug-likeness (QED) is 0.825. The van der Waals surface area contributed by atoms with E-state index in [9.17, 15) is 14.7 Å². The minimum Gasteiger partial charge on any atom is -0.480 e. The van der Waals surface area contributed by atoms with Gasteiger partial charge in [0, 0.05) is 6.54 Å². The largest absolute Gasteiger partial charge is 0.480 e. The molecule has 1 aliphatic heterocycles. The van der Waals surface area contributed by atoms with E-state index in [2.05, 4.69) is 0 Å². The lowest BCUT2D eigenvalue weighted by Crippen LogP contribution is -2.53. The lowest BCUT2D eigenvalue weighted by Gasteiger charge is -2.38. The number of carbonyl (C=O) groups excluding carboxylic acids is 1. The van der Waals surface area contributed by atoms with Gasteiger partial charge in [-0.2, -0.15) is 0 Å². The van der Waals surface area contributed by atoms with E-state index in [4.69, 9.17) is 4.74 Å². The van der Waals surface area contributed by atoms with Gasteiger partial charge in [0.1, 0.15) is 11.6 Å². The highest BCUT2D eigenvalue weighted by Crippen LogP contribution is 2.28. The summed E-state index contributed by atoms with van der Waals surface area (Å²) in [6.45, 7) is 7.76. The number of ether oxygens (including phenoxy) is 1. The maximum atomic E-state index is 12.0. The number of nitrogens with zero attached hydrogens (tertiary/aromatic N) is 1. The molecule has 0 aromatic carbocycles. The van der Waals surface area contributed by atoms with Crippen molar-refractivity contribution in [1.29, 1.82) is 0 Å². The Hall–Kier alpha value is -1.26. The third kappa shape index (κ3) is 3.62. The molecule has 0 aromatic heterocycles. The molecule has 0 bridgehead atoms. The maximum Gasteiger partial charge on any atom is 0.411 e. The van der Waals surface area contributed by atoms with E-state index >= 15 is 0 Å². The number of amides is 1. The van der Waals surface area contributed by atoms with Gasteiger partial charge in [-0.3, -0.25) is 4.90 Å². The number of likely N-dealkylation sites (tertiary alicyclic amines) is 1. The van der Waals surface area contributed by atoms with Crippen LogP contribution in [0.25, 0.3) is 0 Å². The minimum absolute atomic E-state index is 0.0174. The van der Waals surface area contributed by atoms with Gasteiger partial charge in [0.2, 0.25) is 0 Å². The van der Waals surface area contributed by atoms with Crippen LogP contribution in [-0.2, 0) is 9.53 Å². The average Bonchev–Trinajstić information content (AvgIpc) is 2.25. The van der Waals surface area contributed by atoms with E-state index in [1.54, 1.807) is 20.8 Å². The lowest BCUT2D eigenvalue weighted by atomic mass is 9.87. The number of carbonyl (C=O) groups is 2. The van der Waals surface area contributed by atoms with Crippen LogP contribution in [0.3, 0.4) is 0 Å². The molecule has 2 atom stereocenters. The van der Waals surface area contributed by atoms with Crippen molar-refractivity contribution in [2.45, 2.75) is 58.6 Å². The Balaban J connectivity index is 2.83. The summed E-state index contributed by atoms with van der Waals surface area (Å²) < 4.78 is 5.27. The fourth-order valence-corrected chi connectivity index (χ4v) is 2.36. The molecule has 1 aliphatic rings. The van der Waals surface area contributed by atoms with E-state index in [-0.39, 0.29) is 5.92 Å². The van der Waals surface area contributed by atoms with Crippen molar-refractivity contribution in [2.24, 2.45) is 5.92 Å². The summed E-state index contributed by atoms with van der Waals surface area (Å²) in [6, 6.07) is -0.751. The summed E-state index contributed by atoms with van der Waals surface area (Å²) in [5.74, 6) is -0.920. The van der Waals surface area contributed by atoms with Gasteiger partial charge < -0.3 is 9.84 Å². The number of hydrogen-bond donors (Lipinski definition) is 1. The smallest absolute Gasteiger partial charge is 0.411 e. The van der Waals surface area contributed by atoms with Gasteiger partial charge in [0.15, 0.2) is 0 Å². The number of rotatable bonds is 2. The molecule has 1 heterocycles. The summed E-state index contributed by atoms with van der Waals surface area (Å²) in [6.07, 6.45) is 1.93. The second-order valence-corrected chi connectivity index (χ2v) is 5.77. The highest BCUT2D eigenvalue weighted by Gasteiger charge is 2.40. The van der Waals surface area contributed by atoms with Crippen LogP contribution in [-0.4, -0.2) is 40.3 Å². The Labute approximate surface area is 108 Å². The highest BCUT2D eigenvalue weighted by molar-refractivity contribution is 5.80. The fourth-order valence-electron chi connectivity index (χ4n) is 2.36. The Morgan fingerprint density at radius 3 is 2.44 bits per heavy atom. The van der Waals surface area contributed by atoms with Crippen molar-refractivity contribution < 1.29 is 19.4 Å². The normalized spacial score (nSPS) is 24.8. The van der Waals surface area contributed by atoms with Crippen LogP contribution in [0.5, 0.6) is 0 Å². The van der Waals surface area contributed by atoms with E-state index in [1.807, 2.05) is 6.92 Å². The van der Waals surface area contributed by atoms with Crippen molar-refractivity contribution in [3.63, 3.8) is 0 Å². The topological polar surface area (TPSA) is 66.8 Å². The van der Waals surface area contributed by atoms with Gasteiger partial charge in [0.05, 0.1) is 0 Å². The lowest BCUT2D eigenvalue weighted by molar-refractivity contribution is -0.147. The summed E-state index contributed by atoms with van der Waals surface area (Å²) in [5, 5.41) is 9.31. The van der Waals surface area contributed by atoms with Gasteiger partial charge in [-0.05, 0) is 39.5 Å². The van der Waals surface area contributed by atoms with Gasteiger partial charge >= 0.3 is 12.1 Å². The van der Waals surface area contributed by atoms with E-state index in [0.717, 1.165) is 19.3 Å². The van der Waals surface area contributed by atoms with Crippen LogP contribution in [0.15, 0.2) is 0 Å². The zero-order valence-electron chi connectivity index (χ0n) is 11.6. The highest BCUT2D eigenvalue weighted by atomic mass is 16.6. The Kier molecular flexibility index (Phi) is 4.59. The fraction of sp³-hybridized carbons (Fsp3) is 0.846. The van der Waals surface area contributed by atoms with Crippen LogP contribution in [0, 0.1) is 5.92 Å². The van der Waals surface area contributed by atoms with Crippen LogP contribution in [0.2, 0.25) is 0 Å². The van der Waals surface area contributed by atoms with E-state index in [1.165, 1.54) is 4.90 Å². The summed E-state index contributed by atoms with van der Waals surface area (Å²) in [5.41, 5.74) is -0.598. The summed E-state index contributed by atoms with van der Waals surface area (Å²) in [4.78, 5) is 24.8. The molecule has 5 nitrogen and oxygen atoms in total. The zero-order valence-corrected chi connectivity index (χ0v) is 11.6. The van der Waals surface area contributed by atoms with Crippen molar-refractivity contribution in [3.05, 3.63) is 0 Å². The standard InChI is InChI=1S/C13H23NO4/c1-5-9-7-6-8-14(10(9)11(15)16)12(17)18-13(2,3)4/h9-10H,5-8H2,1-4H3,(H,15,16)/t9-,10+/m1/s1. The number of aliphatic carboxylic acids is 1. The molecule has 1 N–H and O–H groups in total. The van der Waals surface area contributed by atoms with E-state index in [0.29, 0.717) is 6.54 Å². The molecule has 5 heteroatoms. The van der Waals surface area contributed by atoms with Gasteiger partial charge in [0.25, 0.3) is 0 Å². The van der Waals surface area contributed by atoms with Gasteiger partial charge in [-0.25, -0.2) is 9.59 Å². The first kappa shape index (κ1) is 14.8. The van der Waals surface area contributed by atoms with Crippen molar-refractivity contribution >= 4 is 12.1 Å². The summed E-state index contributed by atoms with van der Waals surface area (Å²) >= 11 is 0. The van der Waals surface area contributed by atoms with E-state index < -0.39 is 23.7 Å². The Morgan fingerprint density at radius 2 is 2.00 bits per heavy atom. The monoisotopic (exact) mass is 257 g/mol. The molecule has 0 unspecified atom stereocenters. The predicted octanol–water partition coefficient (Wildman–Crippen LogP) is 2.50. The van der Waals surface area contributed by atoms with Crippen molar-refractivity contribution in [2.75, 3.05) is 6.54 Å². The molecule has 1 fully saturated rings. The molecule has 0 saturated carbocycles. The van der Waals surface area contributed by atoms with Crippen LogP contribution >= 0.6 is 0 Å². The molecule has 1 saturated heterocycles. The molecule has 18 heavy (non-hydrogen) atoms. The molecule has 0 aliphatic carbocycles. The first-order valence-electron chi connectivity index (χ1n) is 6.48.